The molecule has 1 aliphatic rings. The van der Waals surface area contributed by atoms with E-state index in [1.54, 1.807) is 7.11 Å². The van der Waals surface area contributed by atoms with Crippen LogP contribution < -0.4 is 5.32 Å². The molecule has 1 N–H and O–H groups in total. The normalized spacial score (nSPS) is 27.2. The Morgan fingerprint density at radius 1 is 1.33 bits per heavy atom. The van der Waals surface area contributed by atoms with Gasteiger partial charge in [0.25, 0.3) is 0 Å². The molecule has 15 heavy (non-hydrogen) atoms. The van der Waals surface area contributed by atoms with E-state index in [-0.39, 0.29) is 5.60 Å². The minimum absolute atomic E-state index is 0.0618. The average molecular weight is 215 g/mol. The van der Waals surface area contributed by atoms with Crippen molar-refractivity contribution in [2.45, 2.75) is 57.3 Å². The van der Waals surface area contributed by atoms with Crippen LogP contribution in [0.25, 0.3) is 0 Å². The molecule has 2 atom stereocenters. The summed E-state index contributed by atoms with van der Waals surface area (Å²) in [5.74, 6) is 0. The molecule has 3 heteroatoms. The molecule has 90 valence electrons. The van der Waals surface area contributed by atoms with Crippen LogP contribution in [0.3, 0.4) is 0 Å². The van der Waals surface area contributed by atoms with Crippen molar-refractivity contribution in [3.63, 3.8) is 0 Å². The molecule has 1 fully saturated rings. The lowest BCUT2D eigenvalue weighted by Crippen LogP contribution is -2.36. The molecule has 0 aromatic carbocycles. The summed E-state index contributed by atoms with van der Waals surface area (Å²) in [6.07, 6.45) is 5.08. The Balaban J connectivity index is 2.19. The molecular formula is C12H25NO2. The van der Waals surface area contributed by atoms with Crippen molar-refractivity contribution in [2.75, 3.05) is 20.8 Å². The van der Waals surface area contributed by atoms with E-state index in [9.17, 15) is 0 Å². The van der Waals surface area contributed by atoms with Gasteiger partial charge in [0.2, 0.25) is 0 Å². The lowest BCUT2D eigenvalue weighted by Gasteiger charge is -2.25. The number of likely N-dealkylation sites (N-methyl/N-ethyl adjacent to an activating group) is 1. The molecule has 0 aromatic heterocycles. The first-order chi connectivity index (χ1) is 7.09. The summed E-state index contributed by atoms with van der Waals surface area (Å²) < 4.78 is 11.3. The predicted molar refractivity (Wildman–Crippen MR) is 62.1 cm³/mol. The molecule has 0 spiro atoms. The fourth-order valence-corrected chi connectivity index (χ4v) is 2.01. The third-order valence-corrected chi connectivity index (χ3v) is 3.41. The van der Waals surface area contributed by atoms with Gasteiger partial charge in [-0.25, -0.2) is 0 Å². The third kappa shape index (κ3) is 4.09. The topological polar surface area (TPSA) is 30.5 Å². The van der Waals surface area contributed by atoms with Crippen molar-refractivity contribution in [3.05, 3.63) is 0 Å². The van der Waals surface area contributed by atoms with E-state index in [4.69, 9.17) is 9.47 Å². The standard InChI is InChI=1S/C12H25NO2/c1-12(2,14-4)8-9-15-11-7-5-6-10(11)13-3/h10-11,13H,5-9H2,1-4H3. The fourth-order valence-electron chi connectivity index (χ4n) is 2.01. The number of hydrogen-bond acceptors (Lipinski definition) is 3. The van der Waals surface area contributed by atoms with Gasteiger partial charge in [-0.3, -0.25) is 0 Å². The van der Waals surface area contributed by atoms with Gasteiger partial charge in [-0.2, -0.15) is 0 Å². The van der Waals surface area contributed by atoms with E-state index in [1.807, 2.05) is 7.05 Å². The van der Waals surface area contributed by atoms with Gasteiger partial charge in [0, 0.05) is 19.8 Å². The fraction of sp³-hybridized carbons (Fsp3) is 1.00. The highest BCUT2D eigenvalue weighted by Crippen LogP contribution is 2.23. The second-order valence-electron chi connectivity index (χ2n) is 4.95. The number of nitrogens with one attached hydrogen (secondary N) is 1. The Hall–Kier alpha value is -0.120. The second kappa shape index (κ2) is 5.83. The minimum Gasteiger partial charge on any atom is -0.379 e. The average Bonchev–Trinajstić information content (AvgIpc) is 2.65. The van der Waals surface area contributed by atoms with Gasteiger partial charge >= 0.3 is 0 Å². The first-order valence-corrected chi connectivity index (χ1v) is 5.93. The second-order valence-corrected chi connectivity index (χ2v) is 4.95. The minimum atomic E-state index is -0.0618. The zero-order valence-electron chi connectivity index (χ0n) is 10.5. The summed E-state index contributed by atoms with van der Waals surface area (Å²) in [5, 5.41) is 3.32. The zero-order chi connectivity index (χ0) is 11.3. The summed E-state index contributed by atoms with van der Waals surface area (Å²) in [6.45, 7) is 4.99. The molecule has 0 radical (unpaired) electrons. The van der Waals surface area contributed by atoms with Crippen LogP contribution in [-0.2, 0) is 9.47 Å². The van der Waals surface area contributed by atoms with Crippen LogP contribution in [0.2, 0.25) is 0 Å². The van der Waals surface area contributed by atoms with E-state index in [1.165, 1.54) is 19.3 Å². The Bertz CT molecular complexity index is 182. The lowest BCUT2D eigenvalue weighted by molar-refractivity contribution is -0.0298. The van der Waals surface area contributed by atoms with Gasteiger partial charge in [0.1, 0.15) is 0 Å². The molecule has 2 unspecified atom stereocenters. The molecule has 0 aliphatic heterocycles. The van der Waals surface area contributed by atoms with Gasteiger partial charge in [0.15, 0.2) is 0 Å². The number of hydrogen-bond donors (Lipinski definition) is 1. The number of ether oxygens (including phenoxy) is 2. The van der Waals surface area contributed by atoms with E-state index >= 15 is 0 Å². The first kappa shape index (κ1) is 12.9. The first-order valence-electron chi connectivity index (χ1n) is 5.93. The van der Waals surface area contributed by atoms with E-state index in [0.717, 1.165) is 13.0 Å². The van der Waals surface area contributed by atoms with Crippen molar-refractivity contribution in [1.29, 1.82) is 0 Å². The third-order valence-electron chi connectivity index (χ3n) is 3.41. The molecule has 1 saturated carbocycles. The summed E-state index contributed by atoms with van der Waals surface area (Å²) in [7, 11) is 3.78. The zero-order valence-corrected chi connectivity index (χ0v) is 10.5. The van der Waals surface area contributed by atoms with Gasteiger partial charge in [-0.15, -0.1) is 0 Å². The molecule has 0 amide bonds. The quantitative estimate of drug-likeness (QED) is 0.734. The Labute approximate surface area is 93.5 Å². The van der Waals surface area contributed by atoms with Crippen LogP contribution >= 0.6 is 0 Å². The van der Waals surface area contributed by atoms with Crippen LogP contribution in [0.5, 0.6) is 0 Å². The maximum Gasteiger partial charge on any atom is 0.0727 e. The Morgan fingerprint density at radius 2 is 2.07 bits per heavy atom. The maximum atomic E-state index is 5.90. The van der Waals surface area contributed by atoms with Crippen molar-refractivity contribution < 1.29 is 9.47 Å². The van der Waals surface area contributed by atoms with Crippen LogP contribution in [0.4, 0.5) is 0 Å². The highest BCUT2D eigenvalue weighted by atomic mass is 16.5. The molecule has 1 aliphatic carbocycles. The summed E-state index contributed by atoms with van der Waals surface area (Å²) in [4.78, 5) is 0. The van der Waals surface area contributed by atoms with Crippen LogP contribution in [0.15, 0.2) is 0 Å². The van der Waals surface area contributed by atoms with Crippen molar-refractivity contribution >= 4 is 0 Å². The van der Waals surface area contributed by atoms with Gasteiger partial charge in [-0.1, -0.05) is 0 Å². The molecular weight excluding hydrogens is 190 g/mol. The Kier molecular flexibility index (Phi) is 5.03. The summed E-state index contributed by atoms with van der Waals surface area (Å²) in [6, 6.07) is 0.552. The van der Waals surface area contributed by atoms with Crippen molar-refractivity contribution in [3.8, 4) is 0 Å². The van der Waals surface area contributed by atoms with Gasteiger partial charge in [0.05, 0.1) is 11.7 Å². The lowest BCUT2D eigenvalue weighted by atomic mass is 10.1. The Morgan fingerprint density at radius 3 is 2.67 bits per heavy atom. The van der Waals surface area contributed by atoms with Gasteiger partial charge < -0.3 is 14.8 Å². The van der Waals surface area contributed by atoms with Crippen LogP contribution in [0.1, 0.15) is 39.5 Å². The van der Waals surface area contributed by atoms with E-state index < -0.39 is 0 Å². The molecule has 0 aromatic rings. The highest BCUT2D eigenvalue weighted by molar-refractivity contribution is 4.83. The molecule has 3 nitrogen and oxygen atoms in total. The van der Waals surface area contributed by atoms with Crippen molar-refractivity contribution in [2.24, 2.45) is 0 Å². The molecule has 1 rings (SSSR count). The predicted octanol–water partition coefficient (Wildman–Crippen LogP) is 1.96. The highest BCUT2D eigenvalue weighted by Gasteiger charge is 2.27. The molecule has 0 heterocycles. The molecule has 0 bridgehead atoms. The van der Waals surface area contributed by atoms with Gasteiger partial charge in [-0.05, 0) is 46.6 Å². The largest absolute Gasteiger partial charge is 0.379 e. The number of rotatable bonds is 6. The SMILES string of the molecule is CNC1CCCC1OCCC(C)(C)OC. The summed E-state index contributed by atoms with van der Waals surface area (Å²) >= 11 is 0. The van der Waals surface area contributed by atoms with E-state index in [0.29, 0.717) is 12.1 Å². The van der Waals surface area contributed by atoms with E-state index in [2.05, 4.69) is 19.2 Å². The molecule has 0 saturated heterocycles. The monoisotopic (exact) mass is 215 g/mol. The summed E-state index contributed by atoms with van der Waals surface area (Å²) in [5.41, 5.74) is -0.0618. The van der Waals surface area contributed by atoms with Crippen LogP contribution in [0, 0.1) is 0 Å². The van der Waals surface area contributed by atoms with Crippen molar-refractivity contribution in [1.82, 2.24) is 5.32 Å². The maximum absolute atomic E-state index is 5.90. The smallest absolute Gasteiger partial charge is 0.0727 e. The van der Waals surface area contributed by atoms with Crippen LogP contribution in [-0.4, -0.2) is 38.5 Å². The number of methoxy groups -OCH3 is 1.